The SMILES string of the molecule is CC(NCCc1ccc(F)cc1F)C1CC1. The Labute approximate surface area is 94.9 Å². The second-order valence-electron chi connectivity index (χ2n) is 4.57. The van der Waals surface area contributed by atoms with Gasteiger partial charge in [-0.1, -0.05) is 6.07 Å². The Hall–Kier alpha value is -0.960. The second kappa shape index (κ2) is 4.91. The van der Waals surface area contributed by atoms with Crippen molar-refractivity contribution in [1.29, 1.82) is 0 Å². The molecule has 1 nitrogen and oxygen atoms in total. The fraction of sp³-hybridized carbons (Fsp3) is 0.538. The van der Waals surface area contributed by atoms with E-state index in [4.69, 9.17) is 0 Å². The lowest BCUT2D eigenvalue weighted by molar-refractivity contribution is 0.494. The summed E-state index contributed by atoms with van der Waals surface area (Å²) in [5, 5.41) is 3.37. The highest BCUT2D eigenvalue weighted by Gasteiger charge is 2.27. The minimum absolute atomic E-state index is 0.444. The van der Waals surface area contributed by atoms with Crippen molar-refractivity contribution >= 4 is 0 Å². The van der Waals surface area contributed by atoms with Crippen molar-refractivity contribution in [3.8, 4) is 0 Å². The quantitative estimate of drug-likeness (QED) is 0.812. The zero-order chi connectivity index (χ0) is 11.5. The predicted octanol–water partition coefficient (Wildman–Crippen LogP) is 2.90. The molecule has 3 heteroatoms. The summed E-state index contributed by atoms with van der Waals surface area (Å²) in [6.45, 7) is 2.92. The van der Waals surface area contributed by atoms with E-state index >= 15 is 0 Å². The molecule has 0 bridgehead atoms. The van der Waals surface area contributed by atoms with Gasteiger partial charge in [0.2, 0.25) is 0 Å². The highest BCUT2D eigenvalue weighted by Crippen LogP contribution is 2.32. The van der Waals surface area contributed by atoms with Gasteiger partial charge in [0.1, 0.15) is 11.6 Å². The van der Waals surface area contributed by atoms with Crippen LogP contribution in [0.5, 0.6) is 0 Å². The molecule has 0 amide bonds. The molecule has 0 aromatic heterocycles. The average molecular weight is 225 g/mol. The van der Waals surface area contributed by atoms with E-state index in [0.717, 1.165) is 18.5 Å². The highest BCUT2D eigenvalue weighted by atomic mass is 19.1. The van der Waals surface area contributed by atoms with E-state index in [-0.39, 0.29) is 0 Å². The zero-order valence-electron chi connectivity index (χ0n) is 9.47. The first-order chi connectivity index (χ1) is 7.66. The Bertz CT molecular complexity index is 361. The Morgan fingerprint density at radius 2 is 2.12 bits per heavy atom. The number of halogens is 2. The first kappa shape index (κ1) is 11.5. The van der Waals surface area contributed by atoms with Gasteiger partial charge in [-0.25, -0.2) is 8.78 Å². The molecular weight excluding hydrogens is 208 g/mol. The average Bonchev–Trinajstić information content (AvgIpc) is 3.04. The summed E-state index contributed by atoms with van der Waals surface area (Å²) in [5.74, 6) is -0.153. The molecule has 1 fully saturated rings. The van der Waals surface area contributed by atoms with Crippen molar-refractivity contribution in [2.45, 2.75) is 32.2 Å². The number of rotatable bonds is 5. The van der Waals surface area contributed by atoms with Gasteiger partial charge in [-0.15, -0.1) is 0 Å². The van der Waals surface area contributed by atoms with Crippen molar-refractivity contribution in [2.75, 3.05) is 6.54 Å². The molecule has 0 radical (unpaired) electrons. The lowest BCUT2D eigenvalue weighted by Crippen LogP contribution is -2.29. The van der Waals surface area contributed by atoms with Crippen LogP contribution < -0.4 is 5.32 Å². The molecule has 16 heavy (non-hydrogen) atoms. The van der Waals surface area contributed by atoms with Gasteiger partial charge < -0.3 is 5.32 Å². The van der Waals surface area contributed by atoms with E-state index in [1.807, 2.05) is 0 Å². The van der Waals surface area contributed by atoms with Crippen molar-refractivity contribution in [3.05, 3.63) is 35.4 Å². The third-order valence-electron chi connectivity index (χ3n) is 3.20. The topological polar surface area (TPSA) is 12.0 Å². The Kier molecular flexibility index (Phi) is 3.54. The lowest BCUT2D eigenvalue weighted by Gasteiger charge is -2.12. The molecule has 0 heterocycles. The third-order valence-corrected chi connectivity index (χ3v) is 3.20. The summed E-state index contributed by atoms with van der Waals surface area (Å²) >= 11 is 0. The van der Waals surface area contributed by atoms with Gasteiger partial charge in [0, 0.05) is 12.1 Å². The standard InChI is InChI=1S/C13H17F2N/c1-9(10-2-3-10)16-7-6-11-4-5-12(14)8-13(11)15/h4-5,8-10,16H,2-3,6-7H2,1H3. The molecule has 1 N–H and O–H groups in total. The monoisotopic (exact) mass is 225 g/mol. The number of nitrogens with one attached hydrogen (secondary N) is 1. The minimum Gasteiger partial charge on any atom is -0.314 e. The van der Waals surface area contributed by atoms with Crippen LogP contribution in [0.15, 0.2) is 18.2 Å². The van der Waals surface area contributed by atoms with Gasteiger partial charge >= 0.3 is 0 Å². The zero-order valence-corrected chi connectivity index (χ0v) is 9.47. The minimum atomic E-state index is -0.513. The first-order valence-electron chi connectivity index (χ1n) is 5.84. The maximum Gasteiger partial charge on any atom is 0.129 e. The van der Waals surface area contributed by atoms with Crippen LogP contribution in [0, 0.1) is 17.6 Å². The Balaban J connectivity index is 1.80. The maximum absolute atomic E-state index is 13.3. The van der Waals surface area contributed by atoms with Crippen LogP contribution in [0.25, 0.3) is 0 Å². The molecule has 1 aromatic rings. The number of benzene rings is 1. The van der Waals surface area contributed by atoms with Gasteiger partial charge in [0.05, 0.1) is 0 Å². The largest absolute Gasteiger partial charge is 0.314 e. The lowest BCUT2D eigenvalue weighted by atomic mass is 10.1. The van der Waals surface area contributed by atoms with E-state index in [2.05, 4.69) is 12.2 Å². The Morgan fingerprint density at radius 1 is 1.38 bits per heavy atom. The summed E-state index contributed by atoms with van der Waals surface area (Å²) in [7, 11) is 0. The van der Waals surface area contributed by atoms with Crippen molar-refractivity contribution in [1.82, 2.24) is 5.32 Å². The van der Waals surface area contributed by atoms with Crippen molar-refractivity contribution < 1.29 is 8.78 Å². The van der Waals surface area contributed by atoms with Crippen molar-refractivity contribution in [2.24, 2.45) is 5.92 Å². The van der Waals surface area contributed by atoms with E-state index in [1.54, 1.807) is 0 Å². The first-order valence-corrected chi connectivity index (χ1v) is 5.84. The fourth-order valence-electron chi connectivity index (χ4n) is 1.92. The van der Waals surface area contributed by atoms with Gasteiger partial charge in [-0.2, -0.15) is 0 Å². The Morgan fingerprint density at radius 3 is 2.75 bits per heavy atom. The second-order valence-corrected chi connectivity index (χ2v) is 4.57. The summed E-state index contributed by atoms with van der Waals surface area (Å²) in [6.07, 6.45) is 3.22. The molecule has 1 unspecified atom stereocenters. The normalized spacial score (nSPS) is 17.4. The highest BCUT2D eigenvalue weighted by molar-refractivity contribution is 5.18. The van der Waals surface area contributed by atoms with Gasteiger partial charge in [0.15, 0.2) is 0 Å². The molecule has 0 spiro atoms. The smallest absolute Gasteiger partial charge is 0.129 e. The molecule has 0 saturated heterocycles. The van der Waals surface area contributed by atoms with Gasteiger partial charge in [0.25, 0.3) is 0 Å². The molecule has 1 aliphatic carbocycles. The van der Waals surface area contributed by atoms with Crippen LogP contribution in [0.2, 0.25) is 0 Å². The fourth-order valence-corrected chi connectivity index (χ4v) is 1.92. The van der Waals surface area contributed by atoms with Crippen LogP contribution in [-0.2, 0) is 6.42 Å². The summed E-state index contributed by atoms with van der Waals surface area (Å²) in [6, 6.07) is 4.29. The maximum atomic E-state index is 13.3. The third kappa shape index (κ3) is 3.01. The van der Waals surface area contributed by atoms with Crippen LogP contribution >= 0.6 is 0 Å². The number of hydrogen-bond acceptors (Lipinski definition) is 1. The summed E-state index contributed by atoms with van der Waals surface area (Å²) in [4.78, 5) is 0. The molecule has 0 aliphatic heterocycles. The van der Waals surface area contributed by atoms with E-state index in [0.29, 0.717) is 18.0 Å². The van der Waals surface area contributed by atoms with Gasteiger partial charge in [-0.3, -0.25) is 0 Å². The van der Waals surface area contributed by atoms with Crippen LogP contribution in [-0.4, -0.2) is 12.6 Å². The molecule has 2 rings (SSSR count). The van der Waals surface area contributed by atoms with E-state index < -0.39 is 11.6 Å². The predicted molar refractivity (Wildman–Crippen MR) is 60.3 cm³/mol. The molecular formula is C13H17F2N. The number of hydrogen-bond donors (Lipinski definition) is 1. The van der Waals surface area contributed by atoms with E-state index in [9.17, 15) is 8.78 Å². The van der Waals surface area contributed by atoms with Crippen LogP contribution in [0.1, 0.15) is 25.3 Å². The molecule has 1 saturated carbocycles. The molecule has 1 aliphatic rings. The van der Waals surface area contributed by atoms with E-state index in [1.165, 1.54) is 25.0 Å². The molecule has 1 aromatic carbocycles. The molecule has 88 valence electrons. The van der Waals surface area contributed by atoms with Crippen molar-refractivity contribution in [3.63, 3.8) is 0 Å². The summed E-state index contributed by atoms with van der Waals surface area (Å²) < 4.78 is 25.9. The summed E-state index contributed by atoms with van der Waals surface area (Å²) in [5.41, 5.74) is 0.580. The van der Waals surface area contributed by atoms with Crippen LogP contribution in [0.4, 0.5) is 8.78 Å². The van der Waals surface area contributed by atoms with Crippen LogP contribution in [0.3, 0.4) is 0 Å². The van der Waals surface area contributed by atoms with Gasteiger partial charge in [-0.05, 0) is 50.3 Å². The molecule has 1 atom stereocenters.